The molecular formula is C8H16OS. The van der Waals surface area contributed by atoms with Crippen LogP contribution >= 0.6 is 12.6 Å². The molecule has 0 spiro atoms. The van der Waals surface area contributed by atoms with E-state index in [9.17, 15) is 4.79 Å². The van der Waals surface area contributed by atoms with Crippen molar-refractivity contribution >= 4 is 18.9 Å². The van der Waals surface area contributed by atoms with Gasteiger partial charge in [-0.1, -0.05) is 19.8 Å². The molecule has 0 saturated carbocycles. The highest BCUT2D eigenvalue weighted by atomic mass is 32.1. The molecule has 0 fully saturated rings. The van der Waals surface area contributed by atoms with E-state index < -0.39 is 0 Å². The summed E-state index contributed by atoms with van der Waals surface area (Å²) in [6, 6.07) is 0. The Labute approximate surface area is 68.6 Å². The normalized spacial score (nSPS) is 13.0. The molecule has 0 aliphatic heterocycles. The van der Waals surface area contributed by atoms with Crippen molar-refractivity contribution in [3.63, 3.8) is 0 Å². The number of thiol groups is 1. The van der Waals surface area contributed by atoms with E-state index in [0.29, 0.717) is 12.3 Å². The lowest BCUT2D eigenvalue weighted by atomic mass is 10.0. The summed E-state index contributed by atoms with van der Waals surface area (Å²) >= 11 is 4.16. The largest absolute Gasteiger partial charge is 0.303 e. The van der Waals surface area contributed by atoms with Gasteiger partial charge in [-0.15, -0.1) is 0 Å². The second kappa shape index (κ2) is 7.13. The second-order valence-corrected chi connectivity index (χ2v) is 2.96. The first kappa shape index (κ1) is 10.0. The van der Waals surface area contributed by atoms with Crippen LogP contribution in [-0.2, 0) is 4.79 Å². The third-order valence-electron chi connectivity index (χ3n) is 1.65. The molecule has 60 valence electrons. The van der Waals surface area contributed by atoms with E-state index in [4.69, 9.17) is 0 Å². The minimum absolute atomic E-state index is 0.515. The summed E-state index contributed by atoms with van der Waals surface area (Å²) in [6.07, 6.45) is 5.26. The lowest BCUT2D eigenvalue weighted by Crippen LogP contribution is -2.02. The molecule has 1 nitrogen and oxygen atoms in total. The number of hydrogen-bond acceptors (Lipinski definition) is 2. The summed E-state index contributed by atoms with van der Waals surface area (Å²) in [7, 11) is 0. The molecule has 0 radical (unpaired) electrons. The third kappa shape index (κ3) is 4.86. The van der Waals surface area contributed by atoms with Crippen LogP contribution in [-0.4, -0.2) is 12.0 Å². The Morgan fingerprint density at radius 3 is 2.70 bits per heavy atom. The molecule has 0 aromatic rings. The van der Waals surface area contributed by atoms with Crippen LogP contribution in [0.5, 0.6) is 0 Å². The monoisotopic (exact) mass is 160 g/mol. The summed E-state index contributed by atoms with van der Waals surface area (Å²) in [6.45, 7) is 2.16. The number of rotatable bonds is 6. The lowest BCUT2D eigenvalue weighted by molar-refractivity contribution is -0.108. The fraction of sp³-hybridized carbons (Fsp3) is 0.875. The Morgan fingerprint density at radius 1 is 1.60 bits per heavy atom. The van der Waals surface area contributed by atoms with Gasteiger partial charge in [-0.3, -0.25) is 0 Å². The van der Waals surface area contributed by atoms with Crippen LogP contribution in [0.2, 0.25) is 0 Å². The smallest absolute Gasteiger partial charge is 0.120 e. The van der Waals surface area contributed by atoms with Gasteiger partial charge in [0.25, 0.3) is 0 Å². The average molecular weight is 160 g/mol. The van der Waals surface area contributed by atoms with Crippen LogP contribution in [0.3, 0.4) is 0 Å². The Bertz CT molecular complexity index is 83.3. The summed E-state index contributed by atoms with van der Waals surface area (Å²) in [5, 5.41) is 0. The van der Waals surface area contributed by atoms with E-state index in [1.807, 2.05) is 0 Å². The SMILES string of the molecule is CCCCC(CS)CC=O. The fourth-order valence-corrected chi connectivity index (χ4v) is 1.24. The average Bonchev–Trinajstić information content (AvgIpc) is 1.98. The van der Waals surface area contributed by atoms with Crippen LogP contribution in [0.4, 0.5) is 0 Å². The number of carbonyl (C=O) groups excluding carboxylic acids is 1. The minimum atomic E-state index is 0.515. The Hall–Kier alpha value is 0.0200. The predicted molar refractivity (Wildman–Crippen MR) is 47.5 cm³/mol. The highest BCUT2D eigenvalue weighted by molar-refractivity contribution is 7.80. The first-order chi connectivity index (χ1) is 4.85. The molecule has 0 N–H and O–H groups in total. The maximum atomic E-state index is 10.1. The van der Waals surface area contributed by atoms with Gasteiger partial charge in [0.05, 0.1) is 0 Å². The molecule has 10 heavy (non-hydrogen) atoms. The van der Waals surface area contributed by atoms with Gasteiger partial charge >= 0.3 is 0 Å². The third-order valence-corrected chi connectivity index (χ3v) is 2.17. The number of aldehydes is 1. The summed E-state index contributed by atoms with van der Waals surface area (Å²) in [5.74, 6) is 1.36. The first-order valence-corrected chi connectivity index (χ1v) is 4.52. The topological polar surface area (TPSA) is 17.1 Å². The van der Waals surface area contributed by atoms with Gasteiger partial charge < -0.3 is 4.79 Å². The van der Waals surface area contributed by atoms with Crippen molar-refractivity contribution in [2.75, 3.05) is 5.75 Å². The van der Waals surface area contributed by atoms with E-state index in [-0.39, 0.29) is 0 Å². The number of carbonyl (C=O) groups is 1. The molecule has 2 heteroatoms. The Morgan fingerprint density at radius 2 is 2.30 bits per heavy atom. The molecule has 0 amide bonds. The van der Waals surface area contributed by atoms with E-state index in [1.54, 1.807) is 0 Å². The van der Waals surface area contributed by atoms with Gasteiger partial charge in [0.15, 0.2) is 0 Å². The lowest BCUT2D eigenvalue weighted by Gasteiger charge is -2.08. The van der Waals surface area contributed by atoms with E-state index in [2.05, 4.69) is 19.6 Å². The fourth-order valence-electron chi connectivity index (χ4n) is 0.913. The standard InChI is InChI=1S/C8H16OS/c1-2-3-4-8(7-10)5-6-9/h6,8,10H,2-5,7H2,1H3. The zero-order valence-corrected chi connectivity index (χ0v) is 7.44. The van der Waals surface area contributed by atoms with Gasteiger partial charge in [0.1, 0.15) is 6.29 Å². The molecule has 0 saturated heterocycles. The van der Waals surface area contributed by atoms with Crippen LogP contribution in [0.1, 0.15) is 32.6 Å². The molecule has 1 unspecified atom stereocenters. The van der Waals surface area contributed by atoms with Crippen LogP contribution in [0, 0.1) is 5.92 Å². The Kier molecular flexibility index (Phi) is 7.15. The molecule has 0 heterocycles. The molecule has 0 bridgehead atoms. The van der Waals surface area contributed by atoms with Crippen molar-refractivity contribution in [2.24, 2.45) is 5.92 Å². The van der Waals surface area contributed by atoms with Gasteiger partial charge in [0, 0.05) is 6.42 Å². The predicted octanol–water partition coefficient (Wildman–Crippen LogP) is 2.31. The van der Waals surface area contributed by atoms with Crippen molar-refractivity contribution in [3.05, 3.63) is 0 Å². The zero-order chi connectivity index (χ0) is 7.82. The number of hydrogen-bond donors (Lipinski definition) is 1. The first-order valence-electron chi connectivity index (χ1n) is 3.89. The van der Waals surface area contributed by atoms with Crippen molar-refractivity contribution in [2.45, 2.75) is 32.6 Å². The zero-order valence-electron chi connectivity index (χ0n) is 6.55. The molecule has 0 aliphatic rings. The summed E-state index contributed by atoms with van der Waals surface area (Å²) in [4.78, 5) is 10.1. The maximum absolute atomic E-state index is 10.1. The van der Waals surface area contributed by atoms with Crippen LogP contribution < -0.4 is 0 Å². The maximum Gasteiger partial charge on any atom is 0.120 e. The van der Waals surface area contributed by atoms with Crippen LogP contribution in [0.25, 0.3) is 0 Å². The molecule has 0 aromatic carbocycles. The summed E-state index contributed by atoms with van der Waals surface area (Å²) in [5.41, 5.74) is 0. The van der Waals surface area contributed by atoms with Gasteiger partial charge in [-0.05, 0) is 18.1 Å². The van der Waals surface area contributed by atoms with E-state index in [1.165, 1.54) is 12.8 Å². The highest BCUT2D eigenvalue weighted by Crippen LogP contribution is 2.12. The van der Waals surface area contributed by atoms with Gasteiger partial charge in [-0.25, -0.2) is 0 Å². The highest BCUT2D eigenvalue weighted by Gasteiger charge is 2.03. The molecule has 0 rings (SSSR count). The molecule has 1 atom stereocenters. The van der Waals surface area contributed by atoms with Crippen molar-refractivity contribution in [3.8, 4) is 0 Å². The summed E-state index contributed by atoms with van der Waals surface area (Å²) < 4.78 is 0. The Balaban J connectivity index is 3.29. The van der Waals surface area contributed by atoms with Gasteiger partial charge in [-0.2, -0.15) is 12.6 Å². The minimum Gasteiger partial charge on any atom is -0.303 e. The number of unbranched alkanes of at least 4 members (excludes halogenated alkanes) is 1. The van der Waals surface area contributed by atoms with Crippen molar-refractivity contribution in [1.82, 2.24) is 0 Å². The van der Waals surface area contributed by atoms with E-state index >= 15 is 0 Å². The molecular weight excluding hydrogens is 144 g/mol. The van der Waals surface area contributed by atoms with Crippen molar-refractivity contribution < 1.29 is 4.79 Å². The van der Waals surface area contributed by atoms with Crippen molar-refractivity contribution in [1.29, 1.82) is 0 Å². The quantitative estimate of drug-likeness (QED) is 0.466. The molecule has 0 aliphatic carbocycles. The second-order valence-electron chi connectivity index (χ2n) is 2.59. The molecule has 0 aromatic heterocycles. The van der Waals surface area contributed by atoms with E-state index in [0.717, 1.165) is 18.5 Å². The van der Waals surface area contributed by atoms with Gasteiger partial charge in [0.2, 0.25) is 0 Å². The van der Waals surface area contributed by atoms with Crippen LogP contribution in [0.15, 0.2) is 0 Å².